The molecule has 2 unspecified atom stereocenters. The normalized spacial score (nSPS) is 22.1. The first kappa shape index (κ1) is 14.1. The van der Waals surface area contributed by atoms with Gasteiger partial charge in [-0.25, -0.2) is 0 Å². The molecule has 19 heavy (non-hydrogen) atoms. The third-order valence-electron chi connectivity index (χ3n) is 3.65. The maximum absolute atomic E-state index is 12.0. The zero-order valence-corrected chi connectivity index (χ0v) is 12.2. The lowest BCUT2D eigenvalue weighted by Gasteiger charge is -2.19. The standard InChI is InChI=1S/C14H19NO3S/c1-8-4-5-19-11(8)9-6-10(9)12(16)15-7-14(2,3)13(17)18/h4-5,9-10H,6-7H2,1-3H3,(H,15,16)(H,17,18). The van der Waals surface area contributed by atoms with Crippen molar-refractivity contribution in [3.63, 3.8) is 0 Å². The van der Waals surface area contributed by atoms with E-state index in [9.17, 15) is 9.59 Å². The van der Waals surface area contributed by atoms with Gasteiger partial charge >= 0.3 is 5.97 Å². The number of hydrogen-bond acceptors (Lipinski definition) is 3. The van der Waals surface area contributed by atoms with E-state index in [1.54, 1.807) is 25.2 Å². The van der Waals surface area contributed by atoms with Gasteiger partial charge in [0.25, 0.3) is 0 Å². The minimum Gasteiger partial charge on any atom is -0.481 e. The molecule has 1 aromatic rings. The van der Waals surface area contributed by atoms with Gasteiger partial charge in [-0.1, -0.05) is 0 Å². The van der Waals surface area contributed by atoms with E-state index in [1.807, 2.05) is 5.38 Å². The maximum Gasteiger partial charge on any atom is 0.310 e. The van der Waals surface area contributed by atoms with Crippen LogP contribution in [-0.2, 0) is 9.59 Å². The van der Waals surface area contributed by atoms with E-state index in [0.717, 1.165) is 6.42 Å². The second-order valence-electron chi connectivity index (χ2n) is 5.82. The zero-order valence-electron chi connectivity index (χ0n) is 11.4. The number of rotatable bonds is 5. The van der Waals surface area contributed by atoms with E-state index in [0.29, 0.717) is 5.92 Å². The molecular weight excluding hydrogens is 262 g/mol. The third-order valence-corrected chi connectivity index (χ3v) is 4.80. The largest absolute Gasteiger partial charge is 0.481 e. The van der Waals surface area contributed by atoms with Crippen molar-refractivity contribution in [2.45, 2.75) is 33.1 Å². The van der Waals surface area contributed by atoms with E-state index < -0.39 is 11.4 Å². The summed E-state index contributed by atoms with van der Waals surface area (Å²) in [4.78, 5) is 24.2. The molecule has 1 aliphatic rings. The molecule has 1 amide bonds. The van der Waals surface area contributed by atoms with Crippen molar-refractivity contribution in [2.75, 3.05) is 6.54 Å². The number of nitrogens with one attached hydrogen (secondary N) is 1. The Morgan fingerprint density at radius 3 is 2.74 bits per heavy atom. The summed E-state index contributed by atoms with van der Waals surface area (Å²) >= 11 is 1.70. The summed E-state index contributed by atoms with van der Waals surface area (Å²) in [5.74, 6) is -0.573. The van der Waals surface area contributed by atoms with Gasteiger partial charge in [-0.2, -0.15) is 0 Å². The first-order chi connectivity index (χ1) is 8.83. The molecule has 0 spiro atoms. The number of aryl methyl sites for hydroxylation is 1. The topological polar surface area (TPSA) is 66.4 Å². The summed E-state index contributed by atoms with van der Waals surface area (Å²) in [6.07, 6.45) is 0.876. The first-order valence-corrected chi connectivity index (χ1v) is 7.26. The highest BCUT2D eigenvalue weighted by atomic mass is 32.1. The van der Waals surface area contributed by atoms with Crippen molar-refractivity contribution in [3.05, 3.63) is 21.9 Å². The average molecular weight is 281 g/mol. The van der Waals surface area contributed by atoms with Gasteiger partial charge in [0.1, 0.15) is 0 Å². The molecule has 4 nitrogen and oxygen atoms in total. The van der Waals surface area contributed by atoms with Gasteiger partial charge < -0.3 is 10.4 Å². The first-order valence-electron chi connectivity index (χ1n) is 6.38. The van der Waals surface area contributed by atoms with Gasteiger partial charge in [0.15, 0.2) is 0 Å². The number of hydrogen-bond donors (Lipinski definition) is 2. The molecule has 1 saturated carbocycles. The van der Waals surface area contributed by atoms with E-state index in [4.69, 9.17) is 5.11 Å². The molecular formula is C14H19NO3S. The highest BCUT2D eigenvalue weighted by molar-refractivity contribution is 7.10. The Morgan fingerprint density at radius 2 is 2.21 bits per heavy atom. The summed E-state index contributed by atoms with van der Waals surface area (Å²) in [5, 5.41) is 13.8. The van der Waals surface area contributed by atoms with E-state index in [1.165, 1.54) is 10.4 Å². The predicted octanol–water partition coefficient (Wildman–Crippen LogP) is 2.39. The van der Waals surface area contributed by atoms with Crippen LogP contribution < -0.4 is 5.32 Å². The minimum atomic E-state index is -0.918. The fraction of sp³-hybridized carbons (Fsp3) is 0.571. The van der Waals surface area contributed by atoms with Crippen LogP contribution >= 0.6 is 11.3 Å². The van der Waals surface area contributed by atoms with E-state index in [2.05, 4.69) is 18.3 Å². The fourth-order valence-corrected chi connectivity index (χ4v) is 3.16. The van der Waals surface area contributed by atoms with Gasteiger partial charge in [0, 0.05) is 23.3 Å². The van der Waals surface area contributed by atoms with Crippen molar-refractivity contribution < 1.29 is 14.7 Å². The highest BCUT2D eigenvalue weighted by Crippen LogP contribution is 2.50. The van der Waals surface area contributed by atoms with Crippen LogP contribution in [0.4, 0.5) is 0 Å². The van der Waals surface area contributed by atoms with Gasteiger partial charge in [0.2, 0.25) is 5.91 Å². The SMILES string of the molecule is Cc1ccsc1C1CC1C(=O)NCC(C)(C)C(=O)O. The fourth-order valence-electron chi connectivity index (χ4n) is 2.05. The quantitative estimate of drug-likeness (QED) is 0.871. The molecule has 0 saturated heterocycles. The van der Waals surface area contributed by atoms with Gasteiger partial charge in [0.05, 0.1) is 5.41 Å². The summed E-state index contributed by atoms with van der Waals surface area (Å²) < 4.78 is 0. The van der Waals surface area contributed by atoms with Crippen LogP contribution in [0.5, 0.6) is 0 Å². The lowest BCUT2D eigenvalue weighted by Crippen LogP contribution is -2.39. The number of aliphatic carboxylic acids is 1. The Bertz CT molecular complexity index is 507. The molecule has 2 rings (SSSR count). The van der Waals surface area contributed by atoms with Gasteiger partial charge in [-0.15, -0.1) is 11.3 Å². The van der Waals surface area contributed by atoms with E-state index >= 15 is 0 Å². The van der Waals surface area contributed by atoms with Crippen LogP contribution in [0.25, 0.3) is 0 Å². The number of carboxylic acids is 1. The molecule has 0 aliphatic heterocycles. The molecule has 1 aliphatic carbocycles. The number of carbonyl (C=O) groups excluding carboxylic acids is 1. The average Bonchev–Trinajstić information content (AvgIpc) is 3.02. The number of carboxylic acid groups (broad SMARTS) is 1. The third kappa shape index (κ3) is 2.97. The number of amides is 1. The molecule has 1 fully saturated rings. The molecule has 0 radical (unpaired) electrons. The molecule has 0 bridgehead atoms. The lowest BCUT2D eigenvalue weighted by atomic mass is 9.94. The maximum atomic E-state index is 12.0. The molecule has 1 aromatic heterocycles. The van der Waals surface area contributed by atoms with Crippen molar-refractivity contribution in [3.8, 4) is 0 Å². The van der Waals surface area contributed by atoms with Crippen LogP contribution in [0.2, 0.25) is 0 Å². The van der Waals surface area contributed by atoms with Crippen LogP contribution in [0, 0.1) is 18.3 Å². The summed E-state index contributed by atoms with van der Waals surface area (Å²) in [7, 11) is 0. The number of carbonyl (C=O) groups is 2. The summed E-state index contributed by atoms with van der Waals surface area (Å²) in [5.41, 5.74) is 0.329. The Kier molecular flexibility index (Phi) is 3.67. The lowest BCUT2D eigenvalue weighted by molar-refractivity contribution is -0.146. The second-order valence-corrected chi connectivity index (χ2v) is 6.77. The molecule has 104 valence electrons. The predicted molar refractivity (Wildman–Crippen MR) is 74.3 cm³/mol. The molecule has 2 N–H and O–H groups in total. The summed E-state index contributed by atoms with van der Waals surface area (Å²) in [6.45, 7) is 5.47. The Balaban J connectivity index is 1.87. The Morgan fingerprint density at radius 1 is 1.53 bits per heavy atom. The minimum absolute atomic E-state index is 0.0157. The molecule has 0 aromatic carbocycles. The Hall–Kier alpha value is -1.36. The van der Waals surface area contributed by atoms with Crippen molar-refractivity contribution in [1.29, 1.82) is 0 Å². The molecule has 1 heterocycles. The zero-order chi connectivity index (χ0) is 14.2. The van der Waals surface area contributed by atoms with Crippen LogP contribution in [-0.4, -0.2) is 23.5 Å². The van der Waals surface area contributed by atoms with Crippen molar-refractivity contribution in [1.82, 2.24) is 5.32 Å². The summed E-state index contributed by atoms with van der Waals surface area (Å²) in [6, 6.07) is 2.07. The van der Waals surface area contributed by atoms with E-state index in [-0.39, 0.29) is 18.4 Å². The van der Waals surface area contributed by atoms with Crippen molar-refractivity contribution in [2.24, 2.45) is 11.3 Å². The number of thiophene rings is 1. The van der Waals surface area contributed by atoms with Gasteiger partial charge in [-0.3, -0.25) is 9.59 Å². The monoisotopic (exact) mass is 281 g/mol. The van der Waals surface area contributed by atoms with Crippen LogP contribution in [0.15, 0.2) is 11.4 Å². The smallest absolute Gasteiger partial charge is 0.310 e. The highest BCUT2D eigenvalue weighted by Gasteiger charge is 2.45. The van der Waals surface area contributed by atoms with Crippen LogP contribution in [0.1, 0.15) is 36.6 Å². The van der Waals surface area contributed by atoms with Crippen molar-refractivity contribution >= 4 is 23.2 Å². The second kappa shape index (κ2) is 4.96. The van der Waals surface area contributed by atoms with Crippen LogP contribution in [0.3, 0.4) is 0 Å². The molecule has 2 atom stereocenters. The van der Waals surface area contributed by atoms with Gasteiger partial charge in [-0.05, 0) is 44.2 Å². The Labute approximate surface area is 116 Å². The molecule has 5 heteroatoms.